The Balaban J connectivity index is 0. The molecule has 0 heterocycles. The van der Waals surface area contributed by atoms with Crippen molar-refractivity contribution in [3.8, 4) is 0 Å². The zero-order valence-corrected chi connectivity index (χ0v) is 39.1. The molecule has 0 aromatic rings. The predicted octanol–water partition coefficient (Wildman–Crippen LogP) is 13.6. The van der Waals surface area contributed by atoms with Crippen LogP contribution in [0.5, 0.6) is 0 Å². The zero-order chi connectivity index (χ0) is 63.6. The van der Waals surface area contributed by atoms with Crippen LogP contribution >= 0.6 is 0 Å². The fourth-order valence-corrected chi connectivity index (χ4v) is 4.44. The summed E-state index contributed by atoms with van der Waals surface area (Å²) >= 11 is 0. The predicted molar refractivity (Wildman–Crippen MR) is 125 cm³/mol. The first kappa shape index (κ1) is 77.6. The van der Waals surface area contributed by atoms with Crippen LogP contribution in [0.25, 0.3) is 0 Å². The van der Waals surface area contributed by atoms with Gasteiger partial charge in [0.25, 0.3) is 5.92 Å². The summed E-state index contributed by atoms with van der Waals surface area (Å²) in [7, 11) is 0. The maximum Gasteiger partial charge on any atom is 1.00 e. The fraction of sp³-hybridized carbons (Fsp3) is 0.960. The molecule has 0 aromatic carbocycles. The van der Waals surface area contributed by atoms with Crippen LogP contribution in [0.15, 0.2) is 0 Å². The molecule has 0 amide bonds. The molecule has 0 aliphatic heterocycles. The van der Waals surface area contributed by atoms with Crippen LogP contribution in [0.4, 0.5) is 224 Å². The van der Waals surface area contributed by atoms with Gasteiger partial charge in [-0.25, -0.2) is 8.78 Å². The van der Waals surface area contributed by atoms with Gasteiger partial charge in [0.15, 0.2) is 0 Å². The Bertz CT molecular complexity index is 2090. The van der Waals surface area contributed by atoms with Crippen molar-refractivity contribution in [2.24, 2.45) is 0 Å². The zero-order valence-electron chi connectivity index (χ0n) is 32.8. The third-order valence-corrected chi connectivity index (χ3v) is 9.27. The summed E-state index contributed by atoms with van der Waals surface area (Å²) in [6, 6.07) is 0. The minimum absolute atomic E-state index is 0. The average molecular weight is 1400 g/mol. The molecule has 0 unspecified atom stereocenters. The van der Waals surface area contributed by atoms with Crippen molar-refractivity contribution in [3.63, 3.8) is 0 Å². The molecule has 0 saturated carbocycles. The summed E-state index contributed by atoms with van der Waals surface area (Å²) < 4.78 is 693. The summed E-state index contributed by atoms with van der Waals surface area (Å²) in [5.41, 5.74) is 0. The molecule has 0 radical (unpaired) electrons. The van der Waals surface area contributed by atoms with Crippen molar-refractivity contribution in [2.45, 2.75) is 142 Å². The summed E-state index contributed by atoms with van der Waals surface area (Å²) in [5, 5.41) is 0. The van der Waals surface area contributed by atoms with Gasteiger partial charge in [0, 0.05) is 0 Å². The minimum atomic E-state index is -11.0. The van der Waals surface area contributed by atoms with E-state index in [1.165, 1.54) is 0 Å². The van der Waals surface area contributed by atoms with E-state index in [0.29, 0.717) is 0 Å². The first-order valence-corrected chi connectivity index (χ1v) is 15.6. The molecule has 0 nitrogen and oxygen atoms in total. The standard InChI is InChI=1S/C25F51.Cs/c26-1(27)2(28,29)3(30,31)4(32,33)5(34,35)6(36,37)7(38,39)8(40,41)9(42,43)10(44,45)11(46,47)12(48,49)13(50,51)14(52,53)15(54,55)16(56,57)17(58,59)18(60,61)19(62,63)20(64,65)21(66,67)22(68,69)23(70,71)24(72,73)25(74,75)76;/q-1;+1. The maximum absolute atomic E-state index is 14.1. The van der Waals surface area contributed by atoms with Gasteiger partial charge in [-0.1, -0.05) is 0 Å². The molecule has 0 saturated heterocycles. The molecule has 458 valence electrons. The normalized spacial score (nSPS) is 17.3. The molecular weight excluding hydrogens is 1400 g/mol. The number of rotatable bonds is 23. The molecule has 0 atom stereocenters. The second-order valence-corrected chi connectivity index (χ2v) is 14.0. The quantitative estimate of drug-likeness (QED) is 0.0707. The molecule has 0 spiro atoms. The van der Waals surface area contributed by atoms with Gasteiger partial charge in [0.1, 0.15) is 0 Å². The van der Waals surface area contributed by atoms with E-state index in [1.54, 1.807) is 0 Å². The third kappa shape index (κ3) is 8.75. The van der Waals surface area contributed by atoms with Crippen LogP contribution < -0.4 is 68.9 Å². The van der Waals surface area contributed by atoms with Crippen LogP contribution in [-0.2, 0) is 0 Å². The van der Waals surface area contributed by atoms with Crippen molar-refractivity contribution in [1.82, 2.24) is 0 Å². The third-order valence-electron chi connectivity index (χ3n) is 9.27. The Kier molecular flexibility index (Phi) is 19.1. The largest absolute Gasteiger partial charge is 1.00 e. The van der Waals surface area contributed by atoms with Crippen molar-refractivity contribution < 1.29 is 293 Å². The second kappa shape index (κ2) is 19.0. The summed E-state index contributed by atoms with van der Waals surface area (Å²) in [4.78, 5) is 0. The first-order chi connectivity index (χ1) is 31.7. The molecule has 0 aliphatic carbocycles. The van der Waals surface area contributed by atoms with Gasteiger partial charge in [-0.2, -0.15) is 206 Å². The Morgan fingerprint density at radius 2 is 0.208 bits per heavy atom. The molecule has 0 N–H and O–H groups in total. The number of halogens is 51. The van der Waals surface area contributed by atoms with E-state index in [-0.39, 0.29) is 68.9 Å². The molecule has 0 fully saturated rings. The van der Waals surface area contributed by atoms with Crippen molar-refractivity contribution in [1.29, 1.82) is 0 Å². The maximum atomic E-state index is 14.1. The summed E-state index contributed by atoms with van der Waals surface area (Å²) in [5.74, 6) is -239. The van der Waals surface area contributed by atoms with Crippen molar-refractivity contribution in [2.75, 3.05) is 0 Å². The smallest absolute Gasteiger partial charge is 0.415 e. The summed E-state index contributed by atoms with van der Waals surface area (Å²) in [6.07, 6.45) is -14.4. The second-order valence-electron chi connectivity index (χ2n) is 14.0. The van der Waals surface area contributed by atoms with E-state index >= 15 is 0 Å². The number of hydrogen-bond acceptors (Lipinski definition) is 0. The van der Waals surface area contributed by atoms with Gasteiger partial charge < -0.3 is 8.78 Å². The first-order valence-electron chi connectivity index (χ1n) is 15.6. The van der Waals surface area contributed by atoms with E-state index in [1.807, 2.05) is 0 Å². The molecule has 0 bridgehead atoms. The van der Waals surface area contributed by atoms with Gasteiger partial charge in [-0.05, 0) is 0 Å². The Morgan fingerprint density at radius 1 is 0.130 bits per heavy atom. The molecular formula is C25CsF51. The SMILES string of the molecule is F[C-](F)C(F)(F)C(F)(F)C(F)(F)C(F)(F)C(F)(F)C(F)(F)C(F)(F)C(F)(F)C(F)(F)C(F)(F)C(F)(F)C(F)(F)C(F)(F)C(F)(F)C(F)(F)C(F)(F)C(F)(F)C(F)(F)C(F)(F)C(F)(F)C(F)(F)C(F)(F)C(F)(F)C(F)(F)F.[Cs+]. The van der Waals surface area contributed by atoms with Crippen LogP contribution in [-0.4, -0.2) is 142 Å². The Hall–Kier alpha value is -1.52. The molecule has 0 rings (SSSR count). The molecule has 52 heteroatoms. The Morgan fingerprint density at radius 3 is 0.286 bits per heavy atom. The fourth-order valence-electron chi connectivity index (χ4n) is 4.44. The van der Waals surface area contributed by atoms with Crippen LogP contribution in [0.3, 0.4) is 0 Å². The summed E-state index contributed by atoms with van der Waals surface area (Å²) in [6.45, 7) is 0. The van der Waals surface area contributed by atoms with Crippen LogP contribution in [0, 0.1) is 6.43 Å². The molecule has 0 aromatic heterocycles. The van der Waals surface area contributed by atoms with Crippen LogP contribution in [0.2, 0.25) is 0 Å². The monoisotopic (exact) mass is 1400 g/mol. The number of hydrogen-bond donors (Lipinski definition) is 0. The van der Waals surface area contributed by atoms with Crippen molar-refractivity contribution in [3.05, 3.63) is 6.43 Å². The van der Waals surface area contributed by atoms with E-state index in [0.717, 1.165) is 0 Å². The van der Waals surface area contributed by atoms with E-state index < -0.39 is 149 Å². The van der Waals surface area contributed by atoms with Crippen molar-refractivity contribution >= 4 is 0 Å². The van der Waals surface area contributed by atoms with Gasteiger partial charge >= 0.3 is 205 Å². The van der Waals surface area contributed by atoms with E-state index in [2.05, 4.69) is 0 Å². The molecule has 77 heavy (non-hydrogen) atoms. The van der Waals surface area contributed by atoms with Gasteiger partial charge in [0.2, 0.25) is 0 Å². The van der Waals surface area contributed by atoms with Gasteiger partial charge in [-0.3, -0.25) is 0 Å². The number of alkyl halides is 49. The topological polar surface area (TPSA) is 0 Å². The van der Waals surface area contributed by atoms with E-state index in [9.17, 15) is 224 Å². The van der Waals surface area contributed by atoms with Gasteiger partial charge in [-0.15, -0.1) is 0 Å². The van der Waals surface area contributed by atoms with Gasteiger partial charge in [0.05, 0.1) is 6.43 Å². The van der Waals surface area contributed by atoms with Crippen LogP contribution in [0.1, 0.15) is 0 Å². The van der Waals surface area contributed by atoms with E-state index in [4.69, 9.17) is 0 Å². The molecule has 0 aliphatic rings. The average Bonchev–Trinajstić information content (AvgIpc) is 3.18. The minimum Gasteiger partial charge on any atom is -0.415 e. The Labute approximate surface area is 439 Å².